The van der Waals surface area contributed by atoms with Gasteiger partial charge in [0.1, 0.15) is 6.73 Å². The normalized spacial score (nSPS) is 23.0. The molecule has 24 heavy (non-hydrogen) atoms. The fourth-order valence-electron chi connectivity index (χ4n) is 3.74. The number of nitrogens with zero attached hydrogens (tertiary/aromatic N) is 1. The lowest BCUT2D eigenvalue weighted by molar-refractivity contribution is -0.146. The molecule has 0 saturated carbocycles. The topological polar surface area (TPSA) is 55.8 Å². The number of cyclic esters (lactones) is 1. The van der Waals surface area contributed by atoms with Gasteiger partial charge in [0.05, 0.1) is 0 Å². The number of fused-ring (bicyclic) bond motifs is 3. The first-order chi connectivity index (χ1) is 11.7. The molecular formula is C19H19NO4. The molecule has 5 heteroatoms. The van der Waals surface area contributed by atoms with Crippen LogP contribution in [0.3, 0.4) is 0 Å². The summed E-state index contributed by atoms with van der Waals surface area (Å²) in [5, 5.41) is 2.17. The van der Waals surface area contributed by atoms with Gasteiger partial charge in [-0.15, -0.1) is 0 Å². The number of Topliss-reactive ketones (excluding diaryl/α,β-unsaturated/α-hetero) is 1. The largest absolute Gasteiger partial charge is 0.457 e. The van der Waals surface area contributed by atoms with Crippen LogP contribution in [0.5, 0.6) is 0 Å². The Hall–Kier alpha value is -2.40. The number of anilines is 1. The Kier molecular flexibility index (Phi) is 3.53. The number of ether oxygens (including phenoxy) is 2. The van der Waals surface area contributed by atoms with Crippen molar-refractivity contribution in [2.75, 3.05) is 31.4 Å². The summed E-state index contributed by atoms with van der Waals surface area (Å²) in [5.74, 6) is -0.542. The van der Waals surface area contributed by atoms with Gasteiger partial charge in [-0.3, -0.25) is 9.59 Å². The van der Waals surface area contributed by atoms with Gasteiger partial charge in [0.25, 0.3) is 0 Å². The highest BCUT2D eigenvalue weighted by atomic mass is 16.5. The molecule has 0 amide bonds. The molecule has 124 valence electrons. The minimum atomic E-state index is -1.10. The summed E-state index contributed by atoms with van der Waals surface area (Å²) >= 11 is 0. The molecule has 2 aliphatic heterocycles. The Morgan fingerprint density at radius 3 is 2.79 bits per heavy atom. The van der Waals surface area contributed by atoms with Gasteiger partial charge in [-0.05, 0) is 29.3 Å². The van der Waals surface area contributed by atoms with E-state index in [2.05, 4.69) is 6.07 Å². The van der Waals surface area contributed by atoms with E-state index >= 15 is 0 Å². The Bertz CT molecular complexity index is 813. The quantitative estimate of drug-likeness (QED) is 0.640. The highest BCUT2D eigenvalue weighted by Gasteiger charge is 2.55. The summed E-state index contributed by atoms with van der Waals surface area (Å²) in [5.41, 5.74) is 0.945. The van der Waals surface area contributed by atoms with Crippen molar-refractivity contribution in [1.29, 1.82) is 0 Å². The van der Waals surface area contributed by atoms with Crippen molar-refractivity contribution in [2.45, 2.75) is 13.3 Å². The number of hydrogen-bond donors (Lipinski definition) is 0. The van der Waals surface area contributed by atoms with Gasteiger partial charge in [0.15, 0.2) is 17.8 Å². The Balaban J connectivity index is 1.89. The standard InChI is InChI=1S/C19H19NO4/c1-2-23-12-20-11-19(17(21)10-24-18(19)22)9-15-14-6-4-3-5-13(14)7-8-16(15)20/h3-8H,2,9-12H2,1H3. The number of carbonyl (C=O) groups is 2. The maximum absolute atomic E-state index is 12.5. The molecule has 2 aliphatic rings. The number of hydrogen-bond acceptors (Lipinski definition) is 5. The van der Waals surface area contributed by atoms with Gasteiger partial charge in [0, 0.05) is 25.3 Å². The van der Waals surface area contributed by atoms with Crippen LogP contribution in [0.4, 0.5) is 5.69 Å². The van der Waals surface area contributed by atoms with E-state index in [9.17, 15) is 9.59 Å². The average Bonchev–Trinajstić information content (AvgIpc) is 2.87. The van der Waals surface area contributed by atoms with Crippen LogP contribution in [0.25, 0.3) is 10.8 Å². The third-order valence-corrected chi connectivity index (χ3v) is 5.01. The second-order valence-corrected chi connectivity index (χ2v) is 6.36. The molecule has 5 nitrogen and oxygen atoms in total. The summed E-state index contributed by atoms with van der Waals surface area (Å²) in [4.78, 5) is 26.9. The van der Waals surface area contributed by atoms with Crippen LogP contribution in [-0.2, 0) is 25.5 Å². The molecule has 1 spiro atoms. The van der Waals surface area contributed by atoms with Crippen LogP contribution in [-0.4, -0.2) is 38.2 Å². The first kappa shape index (κ1) is 15.1. The lowest BCUT2D eigenvalue weighted by atomic mass is 9.74. The number of carbonyl (C=O) groups excluding carboxylic acids is 2. The average molecular weight is 325 g/mol. The van der Waals surface area contributed by atoms with E-state index in [0.717, 1.165) is 22.0 Å². The van der Waals surface area contributed by atoms with E-state index in [4.69, 9.17) is 9.47 Å². The summed E-state index contributed by atoms with van der Waals surface area (Å²) in [6.07, 6.45) is 0.393. The summed E-state index contributed by atoms with van der Waals surface area (Å²) in [7, 11) is 0. The number of rotatable bonds is 3. The molecular weight excluding hydrogens is 306 g/mol. The van der Waals surface area contributed by atoms with Crippen molar-refractivity contribution in [1.82, 2.24) is 0 Å². The van der Waals surface area contributed by atoms with Crippen LogP contribution in [0.15, 0.2) is 36.4 Å². The molecule has 1 atom stereocenters. The zero-order chi connectivity index (χ0) is 16.7. The second-order valence-electron chi connectivity index (χ2n) is 6.36. The summed E-state index contributed by atoms with van der Waals surface area (Å²) in [6, 6.07) is 12.2. The predicted molar refractivity (Wildman–Crippen MR) is 89.9 cm³/mol. The van der Waals surface area contributed by atoms with E-state index in [0.29, 0.717) is 26.3 Å². The molecule has 2 heterocycles. The third kappa shape index (κ3) is 2.12. The van der Waals surface area contributed by atoms with Gasteiger partial charge in [-0.2, -0.15) is 0 Å². The van der Waals surface area contributed by atoms with E-state index in [1.807, 2.05) is 42.2 Å². The van der Waals surface area contributed by atoms with Gasteiger partial charge >= 0.3 is 5.97 Å². The Morgan fingerprint density at radius 2 is 2.04 bits per heavy atom. The third-order valence-electron chi connectivity index (χ3n) is 5.01. The fraction of sp³-hybridized carbons (Fsp3) is 0.368. The Morgan fingerprint density at radius 1 is 1.21 bits per heavy atom. The molecule has 1 unspecified atom stereocenters. The van der Waals surface area contributed by atoms with E-state index in [-0.39, 0.29) is 12.4 Å². The van der Waals surface area contributed by atoms with Gasteiger partial charge in [-0.25, -0.2) is 0 Å². The second kappa shape index (κ2) is 5.60. The van der Waals surface area contributed by atoms with Crippen molar-refractivity contribution >= 4 is 28.2 Å². The first-order valence-corrected chi connectivity index (χ1v) is 8.19. The highest BCUT2D eigenvalue weighted by molar-refractivity contribution is 6.11. The van der Waals surface area contributed by atoms with Crippen molar-refractivity contribution < 1.29 is 19.1 Å². The molecule has 4 rings (SSSR count). The number of ketones is 1. The lowest BCUT2D eigenvalue weighted by Gasteiger charge is -2.39. The first-order valence-electron chi connectivity index (χ1n) is 8.19. The number of benzene rings is 2. The monoisotopic (exact) mass is 325 g/mol. The highest BCUT2D eigenvalue weighted by Crippen LogP contribution is 2.43. The molecule has 0 aromatic heterocycles. The van der Waals surface area contributed by atoms with Crippen LogP contribution in [0.2, 0.25) is 0 Å². The zero-order valence-corrected chi connectivity index (χ0v) is 13.6. The fourth-order valence-corrected chi connectivity index (χ4v) is 3.74. The molecule has 2 aromatic carbocycles. The molecule has 1 fully saturated rings. The van der Waals surface area contributed by atoms with Crippen molar-refractivity contribution in [3.05, 3.63) is 42.0 Å². The summed E-state index contributed by atoms with van der Waals surface area (Å²) < 4.78 is 10.7. The van der Waals surface area contributed by atoms with E-state index in [1.165, 1.54) is 0 Å². The molecule has 0 N–H and O–H groups in total. The molecule has 0 aliphatic carbocycles. The maximum Gasteiger partial charge on any atom is 0.322 e. The SMILES string of the molecule is CCOCN1CC2(Cc3c1ccc1ccccc31)C(=O)COC2=O. The smallest absolute Gasteiger partial charge is 0.322 e. The van der Waals surface area contributed by atoms with E-state index in [1.54, 1.807) is 0 Å². The minimum absolute atomic E-state index is 0.124. The number of esters is 1. The van der Waals surface area contributed by atoms with Crippen LogP contribution in [0, 0.1) is 5.41 Å². The van der Waals surface area contributed by atoms with Gasteiger partial charge in [0.2, 0.25) is 0 Å². The molecule has 0 radical (unpaired) electrons. The van der Waals surface area contributed by atoms with Crippen LogP contribution in [0.1, 0.15) is 12.5 Å². The van der Waals surface area contributed by atoms with Gasteiger partial charge < -0.3 is 14.4 Å². The van der Waals surface area contributed by atoms with Crippen LogP contribution >= 0.6 is 0 Å². The molecule has 2 aromatic rings. The van der Waals surface area contributed by atoms with E-state index < -0.39 is 11.4 Å². The predicted octanol–water partition coefficient (Wildman–Crippen LogP) is 2.31. The Labute approximate surface area is 140 Å². The lowest BCUT2D eigenvalue weighted by Crippen LogP contribution is -2.51. The summed E-state index contributed by atoms with van der Waals surface area (Å²) in [6.45, 7) is 3.04. The maximum atomic E-state index is 12.5. The van der Waals surface area contributed by atoms with Crippen molar-refractivity contribution in [3.63, 3.8) is 0 Å². The van der Waals surface area contributed by atoms with Crippen molar-refractivity contribution in [2.24, 2.45) is 5.41 Å². The van der Waals surface area contributed by atoms with Crippen LogP contribution < -0.4 is 4.90 Å². The zero-order valence-electron chi connectivity index (χ0n) is 13.6. The molecule has 1 saturated heterocycles. The minimum Gasteiger partial charge on any atom is -0.457 e. The van der Waals surface area contributed by atoms with Crippen molar-refractivity contribution in [3.8, 4) is 0 Å². The molecule has 0 bridgehead atoms. The van der Waals surface area contributed by atoms with Gasteiger partial charge in [-0.1, -0.05) is 30.3 Å².